The highest BCUT2D eigenvalue weighted by Gasteiger charge is 2.29. The van der Waals surface area contributed by atoms with E-state index in [1.165, 1.54) is 13.2 Å². The second-order valence-electron chi connectivity index (χ2n) is 4.11. The van der Waals surface area contributed by atoms with Crippen molar-refractivity contribution >= 4 is 5.91 Å². The van der Waals surface area contributed by atoms with E-state index in [-0.39, 0.29) is 12.1 Å². The van der Waals surface area contributed by atoms with Crippen molar-refractivity contribution in [1.82, 2.24) is 10.6 Å². The molecule has 0 spiro atoms. The van der Waals surface area contributed by atoms with Crippen molar-refractivity contribution in [3.63, 3.8) is 0 Å². The number of hydrogen-bond acceptors (Lipinski definition) is 3. The summed E-state index contributed by atoms with van der Waals surface area (Å²) in [7, 11) is 1.53. The SMILES string of the molecule is CO[C@H]1CNCC1NC(=O)c1c(F)cccc1F. The van der Waals surface area contributed by atoms with E-state index >= 15 is 0 Å². The summed E-state index contributed by atoms with van der Waals surface area (Å²) < 4.78 is 32.0. The molecular weight excluding hydrogens is 242 g/mol. The van der Waals surface area contributed by atoms with Crippen molar-refractivity contribution in [2.75, 3.05) is 20.2 Å². The van der Waals surface area contributed by atoms with E-state index in [2.05, 4.69) is 10.6 Å². The Balaban J connectivity index is 2.12. The van der Waals surface area contributed by atoms with Crippen LogP contribution in [0.25, 0.3) is 0 Å². The summed E-state index contributed by atoms with van der Waals surface area (Å²) in [6, 6.07) is 3.04. The lowest BCUT2D eigenvalue weighted by molar-refractivity contribution is 0.0774. The van der Waals surface area contributed by atoms with Gasteiger partial charge in [0.2, 0.25) is 0 Å². The quantitative estimate of drug-likeness (QED) is 0.836. The summed E-state index contributed by atoms with van der Waals surface area (Å²) in [5.41, 5.74) is -0.556. The van der Waals surface area contributed by atoms with Crippen LogP contribution < -0.4 is 10.6 Å². The molecule has 98 valence electrons. The van der Waals surface area contributed by atoms with Gasteiger partial charge in [0.25, 0.3) is 5.91 Å². The predicted octanol–water partition coefficient (Wildman–Crippen LogP) is 0.681. The number of rotatable bonds is 3. The van der Waals surface area contributed by atoms with Gasteiger partial charge in [-0.2, -0.15) is 0 Å². The van der Waals surface area contributed by atoms with Crippen molar-refractivity contribution < 1.29 is 18.3 Å². The van der Waals surface area contributed by atoms with Gasteiger partial charge in [-0.3, -0.25) is 4.79 Å². The molecular formula is C12H14F2N2O2. The maximum absolute atomic E-state index is 13.4. The summed E-state index contributed by atoms with van der Waals surface area (Å²) in [5.74, 6) is -2.50. The Morgan fingerprint density at radius 1 is 1.39 bits per heavy atom. The molecule has 2 N–H and O–H groups in total. The van der Waals surface area contributed by atoms with E-state index in [0.717, 1.165) is 12.1 Å². The molecule has 6 heteroatoms. The zero-order valence-corrected chi connectivity index (χ0v) is 9.87. The van der Waals surface area contributed by atoms with E-state index in [1.54, 1.807) is 0 Å². The minimum atomic E-state index is -0.868. The molecule has 4 nitrogen and oxygen atoms in total. The Bertz CT molecular complexity index is 433. The Hall–Kier alpha value is -1.53. The first-order valence-corrected chi connectivity index (χ1v) is 5.62. The summed E-state index contributed by atoms with van der Waals surface area (Å²) in [6.45, 7) is 1.11. The third-order valence-electron chi connectivity index (χ3n) is 2.97. The molecule has 1 saturated heterocycles. The van der Waals surface area contributed by atoms with Gasteiger partial charge in [-0.05, 0) is 12.1 Å². The zero-order chi connectivity index (χ0) is 13.1. The number of nitrogens with one attached hydrogen (secondary N) is 2. The topological polar surface area (TPSA) is 50.4 Å². The molecule has 0 radical (unpaired) electrons. The van der Waals surface area contributed by atoms with Crippen LogP contribution in [-0.4, -0.2) is 38.3 Å². The zero-order valence-electron chi connectivity index (χ0n) is 9.87. The highest BCUT2D eigenvalue weighted by molar-refractivity contribution is 5.95. The normalized spacial score (nSPS) is 23.1. The second-order valence-corrected chi connectivity index (χ2v) is 4.11. The number of benzene rings is 1. The van der Waals surface area contributed by atoms with Crippen LogP contribution in [0.3, 0.4) is 0 Å². The van der Waals surface area contributed by atoms with Gasteiger partial charge >= 0.3 is 0 Å². The number of ether oxygens (including phenoxy) is 1. The minimum Gasteiger partial charge on any atom is -0.378 e. The number of hydrogen-bond donors (Lipinski definition) is 2. The lowest BCUT2D eigenvalue weighted by Crippen LogP contribution is -2.44. The molecule has 1 fully saturated rings. The van der Waals surface area contributed by atoms with Gasteiger partial charge in [-0.1, -0.05) is 6.07 Å². The van der Waals surface area contributed by atoms with Gasteiger partial charge in [-0.15, -0.1) is 0 Å². The van der Waals surface area contributed by atoms with Crippen LogP contribution in [0.1, 0.15) is 10.4 Å². The molecule has 1 aromatic carbocycles. The van der Waals surface area contributed by atoms with Crippen LogP contribution >= 0.6 is 0 Å². The van der Waals surface area contributed by atoms with E-state index < -0.39 is 23.1 Å². The van der Waals surface area contributed by atoms with Crippen LogP contribution in [0.15, 0.2) is 18.2 Å². The summed E-state index contributed by atoms with van der Waals surface area (Å²) in [6.07, 6.45) is -0.191. The third-order valence-corrected chi connectivity index (χ3v) is 2.97. The average Bonchev–Trinajstić information content (AvgIpc) is 2.76. The van der Waals surface area contributed by atoms with Crippen molar-refractivity contribution in [2.24, 2.45) is 0 Å². The number of halogens is 2. The molecule has 1 aromatic rings. The molecule has 0 aliphatic carbocycles. The molecule has 1 aliphatic rings. The first-order chi connectivity index (χ1) is 8.63. The average molecular weight is 256 g/mol. The van der Waals surface area contributed by atoms with Crippen LogP contribution in [0.4, 0.5) is 8.78 Å². The fourth-order valence-corrected chi connectivity index (χ4v) is 2.00. The molecule has 2 rings (SSSR count). The lowest BCUT2D eigenvalue weighted by atomic mass is 10.1. The molecule has 2 atom stereocenters. The summed E-state index contributed by atoms with van der Waals surface area (Å²) in [4.78, 5) is 11.8. The first kappa shape index (κ1) is 12.9. The van der Waals surface area contributed by atoms with Gasteiger partial charge in [0.05, 0.1) is 12.1 Å². The maximum Gasteiger partial charge on any atom is 0.257 e. The molecule has 1 unspecified atom stereocenters. The van der Waals surface area contributed by atoms with E-state index in [1.807, 2.05) is 0 Å². The molecule has 1 heterocycles. The Labute approximate surface area is 103 Å². The van der Waals surface area contributed by atoms with Crippen molar-refractivity contribution in [3.05, 3.63) is 35.4 Å². The molecule has 1 aliphatic heterocycles. The van der Waals surface area contributed by atoms with Gasteiger partial charge in [0.1, 0.15) is 17.2 Å². The molecule has 0 bridgehead atoms. The fraction of sp³-hybridized carbons (Fsp3) is 0.417. The van der Waals surface area contributed by atoms with Gasteiger partial charge in [0, 0.05) is 20.2 Å². The standard InChI is InChI=1S/C12H14F2N2O2/c1-18-10-6-15-5-9(10)16-12(17)11-7(13)3-2-4-8(11)14/h2-4,9-10,15H,5-6H2,1H3,(H,16,17)/t9?,10-/m0/s1. The van der Waals surface area contributed by atoms with Crippen molar-refractivity contribution in [3.8, 4) is 0 Å². The second kappa shape index (κ2) is 5.41. The van der Waals surface area contributed by atoms with Gasteiger partial charge < -0.3 is 15.4 Å². The van der Waals surface area contributed by atoms with Crippen LogP contribution in [0, 0.1) is 11.6 Å². The molecule has 1 amide bonds. The fourth-order valence-electron chi connectivity index (χ4n) is 2.00. The van der Waals surface area contributed by atoms with Crippen molar-refractivity contribution in [2.45, 2.75) is 12.1 Å². The number of carbonyl (C=O) groups is 1. The number of methoxy groups -OCH3 is 1. The first-order valence-electron chi connectivity index (χ1n) is 5.62. The summed E-state index contributed by atoms with van der Waals surface area (Å²) in [5, 5.41) is 5.60. The van der Waals surface area contributed by atoms with Crippen molar-refractivity contribution in [1.29, 1.82) is 0 Å². The Morgan fingerprint density at radius 2 is 2.06 bits per heavy atom. The Morgan fingerprint density at radius 3 is 2.67 bits per heavy atom. The lowest BCUT2D eigenvalue weighted by Gasteiger charge is -2.18. The molecule has 0 aromatic heterocycles. The largest absolute Gasteiger partial charge is 0.378 e. The number of carbonyl (C=O) groups excluding carboxylic acids is 1. The predicted molar refractivity (Wildman–Crippen MR) is 61.3 cm³/mol. The van der Waals surface area contributed by atoms with Crippen LogP contribution in [0.5, 0.6) is 0 Å². The highest BCUT2D eigenvalue weighted by Crippen LogP contribution is 2.13. The van der Waals surface area contributed by atoms with Crippen LogP contribution in [-0.2, 0) is 4.74 Å². The van der Waals surface area contributed by atoms with Gasteiger partial charge in [-0.25, -0.2) is 8.78 Å². The van der Waals surface area contributed by atoms with E-state index in [9.17, 15) is 13.6 Å². The number of amides is 1. The third kappa shape index (κ3) is 2.49. The van der Waals surface area contributed by atoms with E-state index in [4.69, 9.17) is 4.74 Å². The molecule has 18 heavy (non-hydrogen) atoms. The summed E-state index contributed by atoms with van der Waals surface area (Å²) >= 11 is 0. The highest BCUT2D eigenvalue weighted by atomic mass is 19.1. The smallest absolute Gasteiger partial charge is 0.257 e. The Kier molecular flexibility index (Phi) is 3.88. The van der Waals surface area contributed by atoms with E-state index in [0.29, 0.717) is 13.1 Å². The maximum atomic E-state index is 13.4. The minimum absolute atomic E-state index is 0.191. The van der Waals surface area contributed by atoms with Gasteiger partial charge in [0.15, 0.2) is 0 Å². The monoisotopic (exact) mass is 256 g/mol. The van der Waals surface area contributed by atoms with Crippen LogP contribution in [0.2, 0.25) is 0 Å². The molecule has 0 saturated carbocycles.